The summed E-state index contributed by atoms with van der Waals surface area (Å²) in [5, 5.41) is 11.3. The van der Waals surface area contributed by atoms with Crippen LogP contribution in [0, 0.1) is 19.7 Å². The Morgan fingerprint density at radius 1 is 1.16 bits per heavy atom. The van der Waals surface area contributed by atoms with Gasteiger partial charge in [-0.3, -0.25) is 9.80 Å². The van der Waals surface area contributed by atoms with Gasteiger partial charge in [-0.25, -0.2) is 14.2 Å². The number of aliphatic carboxylic acids is 1. The molecule has 3 aliphatic rings. The lowest BCUT2D eigenvalue weighted by molar-refractivity contribution is -0.160. The van der Waals surface area contributed by atoms with Crippen LogP contribution in [0.1, 0.15) is 67.8 Å². The Kier molecular flexibility index (Phi) is 8.47. The van der Waals surface area contributed by atoms with Crippen LogP contribution >= 0.6 is 0 Å². The first-order valence-electron chi connectivity index (χ1n) is 15.8. The fraction of sp³-hybridized carbons (Fsp3) is 0.588. The summed E-state index contributed by atoms with van der Waals surface area (Å²) in [6.07, 6.45) is 1.31. The smallest absolute Gasteiger partial charge is 0.337 e. The molecular formula is C34H45FN4O5. The molecule has 238 valence electrons. The topological polar surface area (TPSA) is 89.3 Å². The first-order valence-corrected chi connectivity index (χ1v) is 15.8. The number of benzene rings is 1. The number of rotatable bonds is 7. The Labute approximate surface area is 258 Å². The van der Waals surface area contributed by atoms with Crippen LogP contribution in [-0.2, 0) is 34.3 Å². The Morgan fingerprint density at radius 3 is 2.61 bits per heavy atom. The van der Waals surface area contributed by atoms with Gasteiger partial charge in [0.15, 0.2) is 17.7 Å². The van der Waals surface area contributed by atoms with Crippen LogP contribution in [0.25, 0.3) is 22.2 Å². The van der Waals surface area contributed by atoms with Crippen LogP contribution in [0.3, 0.4) is 0 Å². The summed E-state index contributed by atoms with van der Waals surface area (Å²) in [6, 6.07) is 4.16. The number of pyridine rings is 1. The molecule has 10 heteroatoms. The van der Waals surface area contributed by atoms with E-state index < -0.39 is 23.5 Å². The predicted molar refractivity (Wildman–Crippen MR) is 167 cm³/mol. The summed E-state index contributed by atoms with van der Waals surface area (Å²) < 4.78 is 35.2. The molecule has 6 rings (SSSR count). The average molecular weight is 609 g/mol. The van der Waals surface area contributed by atoms with E-state index in [2.05, 4.69) is 20.4 Å². The molecule has 2 aromatic heterocycles. The Morgan fingerprint density at radius 2 is 1.93 bits per heavy atom. The molecule has 0 amide bonds. The fourth-order valence-corrected chi connectivity index (χ4v) is 6.95. The van der Waals surface area contributed by atoms with Crippen molar-refractivity contribution in [3.05, 3.63) is 46.0 Å². The first kappa shape index (κ1) is 31.0. The number of hydrogen-bond acceptors (Lipinski definition) is 7. The van der Waals surface area contributed by atoms with Crippen molar-refractivity contribution in [1.82, 2.24) is 19.4 Å². The number of halogens is 1. The zero-order valence-electron chi connectivity index (χ0n) is 26.8. The minimum Gasteiger partial charge on any atom is -0.490 e. The molecule has 3 aromatic rings. The van der Waals surface area contributed by atoms with E-state index in [0.29, 0.717) is 47.2 Å². The molecule has 2 fully saturated rings. The third-order valence-corrected chi connectivity index (χ3v) is 9.31. The van der Waals surface area contributed by atoms with Crippen molar-refractivity contribution in [3.63, 3.8) is 0 Å². The highest BCUT2D eigenvalue weighted by Gasteiger charge is 2.35. The lowest BCUT2D eigenvalue weighted by atomic mass is 9.86. The number of carboxylic acid groups (broad SMARTS) is 1. The predicted octanol–water partition coefficient (Wildman–Crippen LogP) is 5.17. The number of hydrogen-bond donors (Lipinski definition) is 1. The molecule has 0 radical (unpaired) electrons. The summed E-state index contributed by atoms with van der Waals surface area (Å²) in [4.78, 5) is 22.8. The van der Waals surface area contributed by atoms with Crippen LogP contribution in [0.4, 0.5) is 4.39 Å². The van der Waals surface area contributed by atoms with Crippen LogP contribution in [0.5, 0.6) is 5.75 Å². The average Bonchev–Trinajstić information content (AvgIpc) is 3.08. The van der Waals surface area contributed by atoms with Gasteiger partial charge in [0.1, 0.15) is 5.65 Å². The standard InChI is InChI=1S/C34H45FN4O5/c1-20-24-9-7-14-43-30(24)27(35)16-25(20)29-26-15-22(17-38-10-8-11-39(13-12-38)23-18-42-19-23)37(6)32(26)36-21(2)28(29)31(33(40)41)44-34(3,4)5/h15-16,23,31H,7-14,17-19H2,1-6H3,(H,40,41)/t31-/m0/s1. The van der Waals surface area contributed by atoms with Gasteiger partial charge in [0, 0.05) is 60.1 Å². The second kappa shape index (κ2) is 12.0. The molecule has 0 saturated carbocycles. The molecule has 5 heterocycles. The Bertz CT molecular complexity index is 1570. The summed E-state index contributed by atoms with van der Waals surface area (Å²) in [5.41, 5.74) is 5.16. The number of ether oxygens (including phenoxy) is 3. The van der Waals surface area contributed by atoms with E-state index in [-0.39, 0.29) is 0 Å². The fourth-order valence-electron chi connectivity index (χ4n) is 6.95. The van der Waals surface area contributed by atoms with E-state index in [4.69, 9.17) is 19.2 Å². The van der Waals surface area contributed by atoms with Crippen LogP contribution < -0.4 is 4.74 Å². The maximum Gasteiger partial charge on any atom is 0.337 e. The molecule has 1 atom stereocenters. The van der Waals surface area contributed by atoms with E-state index in [1.54, 1.807) is 0 Å². The van der Waals surface area contributed by atoms with Gasteiger partial charge in [-0.1, -0.05) is 0 Å². The number of nitrogens with zero attached hydrogens (tertiary/aromatic N) is 4. The molecule has 0 bridgehead atoms. The van der Waals surface area contributed by atoms with E-state index in [9.17, 15) is 9.90 Å². The Balaban J connectivity index is 1.49. The third kappa shape index (κ3) is 5.85. The molecule has 0 unspecified atom stereocenters. The number of carbonyl (C=O) groups is 1. The molecule has 44 heavy (non-hydrogen) atoms. The van der Waals surface area contributed by atoms with Crippen molar-refractivity contribution < 1.29 is 28.5 Å². The van der Waals surface area contributed by atoms with Crippen LogP contribution in [-0.4, -0.2) is 88.1 Å². The van der Waals surface area contributed by atoms with Crippen molar-refractivity contribution in [1.29, 1.82) is 0 Å². The zero-order valence-corrected chi connectivity index (χ0v) is 26.8. The Hall–Kier alpha value is -3.05. The number of aryl methyl sites for hydroxylation is 2. The van der Waals surface area contributed by atoms with E-state index in [1.807, 2.05) is 41.7 Å². The largest absolute Gasteiger partial charge is 0.490 e. The van der Waals surface area contributed by atoms with Gasteiger partial charge >= 0.3 is 5.97 Å². The van der Waals surface area contributed by atoms with Gasteiger partial charge in [0.2, 0.25) is 0 Å². The van der Waals surface area contributed by atoms with Gasteiger partial charge < -0.3 is 23.9 Å². The lowest BCUT2D eigenvalue weighted by Crippen LogP contribution is -2.50. The zero-order chi connectivity index (χ0) is 31.3. The SMILES string of the molecule is Cc1nc2c(cc(CN3CCCN(C4COC4)CC3)n2C)c(-c2cc(F)c3c(c2C)CCCO3)c1[C@H](OC(C)(C)C)C(=O)O. The highest BCUT2D eigenvalue weighted by molar-refractivity contribution is 5.99. The second-order valence-corrected chi connectivity index (χ2v) is 13.5. The highest BCUT2D eigenvalue weighted by Crippen LogP contribution is 2.45. The van der Waals surface area contributed by atoms with Crippen LogP contribution in [0.15, 0.2) is 12.1 Å². The lowest BCUT2D eigenvalue weighted by Gasteiger charge is -2.36. The number of fused-ring (bicyclic) bond motifs is 2. The second-order valence-electron chi connectivity index (χ2n) is 13.5. The maximum atomic E-state index is 15.7. The molecule has 1 aromatic carbocycles. The quantitative estimate of drug-likeness (QED) is 0.393. The molecule has 0 aliphatic carbocycles. The van der Waals surface area contributed by atoms with Crippen molar-refractivity contribution >= 4 is 17.0 Å². The first-order chi connectivity index (χ1) is 20.9. The van der Waals surface area contributed by atoms with Crippen molar-refractivity contribution in [2.45, 2.75) is 78.2 Å². The summed E-state index contributed by atoms with van der Waals surface area (Å²) >= 11 is 0. The number of aromatic nitrogens is 2. The maximum absolute atomic E-state index is 15.7. The minimum atomic E-state index is -1.28. The molecule has 2 saturated heterocycles. The molecule has 1 N–H and O–H groups in total. The monoisotopic (exact) mass is 608 g/mol. The van der Waals surface area contributed by atoms with Gasteiger partial charge in [-0.05, 0) is 90.2 Å². The summed E-state index contributed by atoms with van der Waals surface area (Å²) in [5.74, 6) is -1.23. The van der Waals surface area contributed by atoms with E-state index in [0.717, 1.165) is 86.6 Å². The molecule has 0 spiro atoms. The molecule has 3 aliphatic heterocycles. The van der Waals surface area contributed by atoms with Crippen molar-refractivity contribution in [2.24, 2.45) is 7.05 Å². The van der Waals surface area contributed by atoms with Gasteiger partial charge in [0.25, 0.3) is 0 Å². The third-order valence-electron chi connectivity index (χ3n) is 9.31. The number of carboxylic acids is 1. The van der Waals surface area contributed by atoms with Crippen molar-refractivity contribution in [3.8, 4) is 16.9 Å². The van der Waals surface area contributed by atoms with Crippen molar-refractivity contribution in [2.75, 3.05) is 46.0 Å². The van der Waals surface area contributed by atoms with Gasteiger partial charge in [-0.2, -0.15) is 0 Å². The molecular weight excluding hydrogens is 563 g/mol. The van der Waals surface area contributed by atoms with E-state index >= 15 is 4.39 Å². The van der Waals surface area contributed by atoms with Gasteiger partial charge in [-0.15, -0.1) is 0 Å². The van der Waals surface area contributed by atoms with Crippen LogP contribution in [0.2, 0.25) is 0 Å². The minimum absolute atomic E-state index is 0.305. The van der Waals surface area contributed by atoms with Gasteiger partial charge in [0.05, 0.1) is 31.5 Å². The summed E-state index contributed by atoms with van der Waals surface area (Å²) in [7, 11) is 2.01. The summed E-state index contributed by atoms with van der Waals surface area (Å²) in [6.45, 7) is 16.2. The highest BCUT2D eigenvalue weighted by atomic mass is 19.1. The molecule has 9 nitrogen and oxygen atoms in total. The van der Waals surface area contributed by atoms with E-state index in [1.165, 1.54) is 6.07 Å². The normalized spacial score (nSPS) is 19.3.